The van der Waals surface area contributed by atoms with Crippen molar-refractivity contribution in [2.45, 2.75) is 57.3 Å². The number of benzene rings is 1. The Bertz CT molecular complexity index is 709. The van der Waals surface area contributed by atoms with Crippen molar-refractivity contribution in [3.63, 3.8) is 0 Å². The van der Waals surface area contributed by atoms with Gasteiger partial charge in [-0.25, -0.2) is 0 Å². The van der Waals surface area contributed by atoms with Crippen LogP contribution < -0.4 is 5.32 Å². The molecule has 0 unspecified atom stereocenters. The largest absolute Gasteiger partial charge is 0.353 e. The molecular weight excluding hydrogens is 332 g/mol. The van der Waals surface area contributed by atoms with Crippen molar-refractivity contribution < 1.29 is 4.79 Å². The first-order chi connectivity index (χ1) is 12.0. The molecule has 1 aromatic carbocycles. The third kappa shape index (κ3) is 4.84. The third-order valence-corrected chi connectivity index (χ3v) is 5.56. The maximum Gasteiger partial charge on any atom is 0.230 e. The van der Waals surface area contributed by atoms with Gasteiger partial charge >= 0.3 is 0 Å². The minimum atomic E-state index is 0.0495. The molecule has 1 aliphatic rings. The first-order valence-corrected chi connectivity index (χ1v) is 9.92. The number of rotatable bonds is 8. The average molecular weight is 359 g/mol. The minimum Gasteiger partial charge on any atom is -0.353 e. The van der Waals surface area contributed by atoms with Crippen molar-refractivity contribution in [3.05, 3.63) is 41.7 Å². The first-order valence-electron chi connectivity index (χ1n) is 8.93. The molecule has 1 atom stereocenters. The summed E-state index contributed by atoms with van der Waals surface area (Å²) in [6.07, 6.45) is 2.37. The normalized spacial score (nSPS) is 15.4. The molecule has 1 heterocycles. The summed E-state index contributed by atoms with van der Waals surface area (Å²) in [4.78, 5) is 12.2. The number of carbonyl (C=O) groups is 1. The summed E-state index contributed by atoms with van der Waals surface area (Å²) in [6.45, 7) is 7.01. The fraction of sp³-hybridized carbons (Fsp3) is 0.526. The number of nitrogens with one attached hydrogen (secondary N) is 1. The second-order valence-electron chi connectivity index (χ2n) is 7.08. The van der Waals surface area contributed by atoms with Crippen molar-refractivity contribution >= 4 is 17.7 Å². The summed E-state index contributed by atoms with van der Waals surface area (Å²) in [7, 11) is 0. The second-order valence-corrected chi connectivity index (χ2v) is 8.02. The minimum absolute atomic E-state index is 0.0495. The molecule has 25 heavy (non-hydrogen) atoms. The van der Waals surface area contributed by atoms with Crippen molar-refractivity contribution in [2.24, 2.45) is 5.92 Å². The molecule has 1 saturated carbocycles. The van der Waals surface area contributed by atoms with Crippen LogP contribution in [0.3, 0.4) is 0 Å². The van der Waals surface area contributed by atoms with Crippen molar-refractivity contribution in [3.8, 4) is 0 Å². The van der Waals surface area contributed by atoms with Crippen LogP contribution in [0.5, 0.6) is 0 Å². The number of thioether (sulfide) groups is 1. The second kappa shape index (κ2) is 8.04. The maximum absolute atomic E-state index is 12.2. The van der Waals surface area contributed by atoms with E-state index in [4.69, 9.17) is 0 Å². The Labute approximate surface area is 153 Å². The SMILES string of the molecule is CC(C)[C@@H](C)NC(=O)CSc1nnc(C2CC2)n1Cc1ccccc1. The summed E-state index contributed by atoms with van der Waals surface area (Å²) in [5, 5.41) is 12.6. The number of amides is 1. The van der Waals surface area contributed by atoms with E-state index in [-0.39, 0.29) is 11.9 Å². The highest BCUT2D eigenvalue weighted by Crippen LogP contribution is 2.40. The molecule has 0 bridgehead atoms. The molecule has 1 aromatic heterocycles. The number of hydrogen-bond acceptors (Lipinski definition) is 4. The summed E-state index contributed by atoms with van der Waals surface area (Å²) < 4.78 is 2.18. The summed E-state index contributed by atoms with van der Waals surface area (Å²) >= 11 is 1.47. The quantitative estimate of drug-likeness (QED) is 0.734. The topological polar surface area (TPSA) is 59.8 Å². The lowest BCUT2D eigenvalue weighted by Gasteiger charge is -2.17. The maximum atomic E-state index is 12.2. The van der Waals surface area contributed by atoms with Crippen LogP contribution in [0.15, 0.2) is 35.5 Å². The van der Waals surface area contributed by atoms with E-state index < -0.39 is 0 Å². The van der Waals surface area contributed by atoms with E-state index in [1.54, 1.807) is 0 Å². The van der Waals surface area contributed by atoms with Crippen LogP contribution in [0.2, 0.25) is 0 Å². The van der Waals surface area contributed by atoms with Gasteiger partial charge in [0.1, 0.15) is 5.82 Å². The number of carbonyl (C=O) groups excluding carboxylic acids is 1. The lowest BCUT2D eigenvalue weighted by molar-refractivity contribution is -0.119. The van der Waals surface area contributed by atoms with E-state index in [9.17, 15) is 4.79 Å². The summed E-state index contributed by atoms with van der Waals surface area (Å²) in [6, 6.07) is 10.5. The number of hydrogen-bond donors (Lipinski definition) is 1. The van der Waals surface area contributed by atoms with Gasteiger partial charge in [-0.2, -0.15) is 0 Å². The van der Waals surface area contributed by atoms with Crippen LogP contribution in [0.1, 0.15) is 50.9 Å². The third-order valence-electron chi connectivity index (χ3n) is 4.59. The molecule has 134 valence electrons. The van der Waals surface area contributed by atoms with Crippen LogP contribution in [0.4, 0.5) is 0 Å². The van der Waals surface area contributed by atoms with Crippen LogP contribution in [-0.2, 0) is 11.3 Å². The van der Waals surface area contributed by atoms with Crippen LogP contribution >= 0.6 is 11.8 Å². The van der Waals surface area contributed by atoms with E-state index in [0.29, 0.717) is 17.6 Å². The van der Waals surface area contributed by atoms with E-state index in [1.807, 2.05) is 25.1 Å². The van der Waals surface area contributed by atoms with Gasteiger partial charge in [0.15, 0.2) is 5.16 Å². The molecule has 0 spiro atoms. The van der Waals surface area contributed by atoms with E-state index in [0.717, 1.165) is 17.5 Å². The van der Waals surface area contributed by atoms with Crippen LogP contribution in [0, 0.1) is 5.92 Å². The zero-order valence-electron chi connectivity index (χ0n) is 15.1. The molecule has 1 amide bonds. The number of nitrogens with zero attached hydrogens (tertiary/aromatic N) is 3. The van der Waals surface area contributed by atoms with Gasteiger partial charge in [-0.3, -0.25) is 4.79 Å². The van der Waals surface area contributed by atoms with Gasteiger partial charge in [-0.15, -0.1) is 10.2 Å². The van der Waals surface area contributed by atoms with Gasteiger partial charge in [-0.05, 0) is 31.2 Å². The fourth-order valence-corrected chi connectivity index (χ4v) is 3.31. The lowest BCUT2D eigenvalue weighted by Crippen LogP contribution is -2.37. The molecule has 0 aliphatic heterocycles. The summed E-state index contributed by atoms with van der Waals surface area (Å²) in [5.74, 6) is 2.43. The van der Waals surface area contributed by atoms with Gasteiger partial charge in [0.25, 0.3) is 0 Å². The Kier molecular flexibility index (Phi) is 5.78. The highest BCUT2D eigenvalue weighted by atomic mass is 32.2. The monoisotopic (exact) mass is 358 g/mol. The highest BCUT2D eigenvalue weighted by molar-refractivity contribution is 7.99. The average Bonchev–Trinajstić information content (AvgIpc) is 3.36. The lowest BCUT2D eigenvalue weighted by atomic mass is 10.1. The van der Waals surface area contributed by atoms with Gasteiger partial charge in [0, 0.05) is 12.0 Å². The zero-order chi connectivity index (χ0) is 17.8. The standard InChI is InChI=1S/C19H26N4OS/c1-13(2)14(3)20-17(24)12-25-19-22-21-18(16-9-10-16)23(19)11-15-7-5-4-6-8-15/h4-8,13-14,16H,9-12H2,1-3H3,(H,20,24)/t14-/m1/s1. The van der Waals surface area contributed by atoms with Crippen LogP contribution in [-0.4, -0.2) is 32.5 Å². The van der Waals surface area contributed by atoms with E-state index in [1.165, 1.54) is 30.2 Å². The van der Waals surface area contributed by atoms with Crippen molar-refractivity contribution in [2.75, 3.05) is 5.75 Å². The molecular formula is C19H26N4OS. The van der Waals surface area contributed by atoms with E-state index >= 15 is 0 Å². The van der Waals surface area contributed by atoms with Crippen molar-refractivity contribution in [1.29, 1.82) is 0 Å². The number of aromatic nitrogens is 3. The molecule has 3 rings (SSSR count). The van der Waals surface area contributed by atoms with Crippen LogP contribution in [0.25, 0.3) is 0 Å². The smallest absolute Gasteiger partial charge is 0.230 e. The first kappa shape index (κ1) is 18.0. The Morgan fingerprint density at radius 1 is 1.24 bits per heavy atom. The Hall–Kier alpha value is -1.82. The van der Waals surface area contributed by atoms with Gasteiger partial charge in [-0.1, -0.05) is 55.9 Å². The van der Waals surface area contributed by atoms with Crippen molar-refractivity contribution in [1.82, 2.24) is 20.1 Å². The zero-order valence-corrected chi connectivity index (χ0v) is 15.9. The Morgan fingerprint density at radius 2 is 1.96 bits per heavy atom. The summed E-state index contributed by atoms with van der Waals surface area (Å²) in [5.41, 5.74) is 1.23. The van der Waals surface area contributed by atoms with Gasteiger partial charge in [0.2, 0.25) is 5.91 Å². The van der Waals surface area contributed by atoms with E-state index in [2.05, 4.69) is 46.1 Å². The molecule has 1 aliphatic carbocycles. The molecule has 0 radical (unpaired) electrons. The predicted molar refractivity (Wildman–Crippen MR) is 101 cm³/mol. The Morgan fingerprint density at radius 3 is 2.60 bits per heavy atom. The van der Waals surface area contributed by atoms with Gasteiger partial charge in [0.05, 0.1) is 12.3 Å². The Balaban J connectivity index is 1.68. The molecule has 1 fully saturated rings. The highest BCUT2D eigenvalue weighted by Gasteiger charge is 2.30. The molecule has 5 nitrogen and oxygen atoms in total. The molecule has 0 saturated heterocycles. The molecule has 2 aromatic rings. The molecule has 1 N–H and O–H groups in total. The molecule has 6 heteroatoms. The fourth-order valence-electron chi connectivity index (χ4n) is 2.56. The predicted octanol–water partition coefficient (Wildman–Crippen LogP) is 3.46. The van der Waals surface area contributed by atoms with Gasteiger partial charge < -0.3 is 9.88 Å².